The molecule has 0 aliphatic rings. The quantitative estimate of drug-likeness (QED) is 0.0794. The van der Waals surface area contributed by atoms with E-state index in [1.807, 2.05) is 0 Å². The van der Waals surface area contributed by atoms with E-state index in [0.29, 0.717) is 0 Å². The van der Waals surface area contributed by atoms with Crippen molar-refractivity contribution in [1.82, 2.24) is 4.57 Å². The van der Waals surface area contributed by atoms with Gasteiger partial charge in [0.15, 0.2) is 0 Å². The third kappa shape index (κ3) is 18.5. The second-order valence-corrected chi connectivity index (χ2v) is 11.6. The molecule has 0 bridgehead atoms. The van der Waals surface area contributed by atoms with Gasteiger partial charge in [0, 0.05) is 6.42 Å². The average molecular weight is 504 g/mol. The summed E-state index contributed by atoms with van der Waals surface area (Å²) in [5.41, 5.74) is 0. The fourth-order valence-electron chi connectivity index (χ4n) is 5.73. The molecule has 36 heavy (non-hydrogen) atoms. The molecule has 1 aromatic rings. The second kappa shape index (κ2) is 25.8. The molecule has 0 radical (unpaired) electrons. The average Bonchev–Trinajstić information content (AvgIpc) is 3.29. The van der Waals surface area contributed by atoms with Crippen LogP contribution in [0.15, 0.2) is 12.4 Å². The molecule has 1 aromatic heterocycles. The molecular weight excluding hydrogens is 436 g/mol. The number of rotatable bonds is 28. The maximum Gasteiger partial charge on any atom is 0.256 e. The zero-order chi connectivity index (χ0) is 25.9. The van der Waals surface area contributed by atoms with E-state index < -0.39 is 0 Å². The molecule has 0 aliphatic carbocycles. The molecule has 0 unspecified atom stereocenters. The number of hydrogen-bond donors (Lipinski definition) is 0. The normalized spacial score (nSPS) is 11.5. The molecule has 0 atom stereocenters. The van der Waals surface area contributed by atoms with Crippen molar-refractivity contribution in [3.63, 3.8) is 0 Å². The number of aromatic nitrogens is 2. The van der Waals surface area contributed by atoms with Gasteiger partial charge in [-0.05, 0) is 25.7 Å². The number of unbranched alkanes of at least 4 members (excludes halogenated alkanes) is 23. The molecule has 0 spiro atoms. The Hall–Kier alpha value is -0.790. The zero-order valence-corrected chi connectivity index (χ0v) is 25.3. The van der Waals surface area contributed by atoms with Gasteiger partial charge in [0.1, 0.15) is 12.4 Å². The van der Waals surface area contributed by atoms with Gasteiger partial charge in [-0.25, -0.2) is 9.13 Å². The van der Waals surface area contributed by atoms with Crippen molar-refractivity contribution in [2.75, 3.05) is 0 Å². The van der Waals surface area contributed by atoms with E-state index in [9.17, 15) is 0 Å². The first kappa shape index (κ1) is 33.2. The van der Waals surface area contributed by atoms with Crippen LogP contribution in [0.4, 0.5) is 0 Å². The summed E-state index contributed by atoms with van der Waals surface area (Å²) >= 11 is 0. The molecule has 0 fully saturated rings. The Morgan fingerprint density at radius 1 is 0.472 bits per heavy atom. The molecule has 1 rings (SSSR count). The van der Waals surface area contributed by atoms with Gasteiger partial charge < -0.3 is 0 Å². The fraction of sp³-hybridized carbons (Fsp3) is 0.912. The lowest BCUT2D eigenvalue weighted by atomic mass is 10.0. The molecule has 212 valence electrons. The first-order chi connectivity index (χ1) is 17.8. The van der Waals surface area contributed by atoms with Crippen molar-refractivity contribution >= 4 is 0 Å². The van der Waals surface area contributed by atoms with Crippen LogP contribution in [0.25, 0.3) is 0 Å². The molecule has 1 heterocycles. The van der Waals surface area contributed by atoms with Crippen LogP contribution >= 0.6 is 0 Å². The Morgan fingerprint density at radius 3 is 1.22 bits per heavy atom. The highest BCUT2D eigenvalue weighted by atomic mass is 15.1. The second-order valence-electron chi connectivity index (χ2n) is 11.6. The van der Waals surface area contributed by atoms with E-state index >= 15 is 0 Å². The molecule has 0 N–H and O–H groups in total. The third-order valence-corrected chi connectivity index (χ3v) is 8.16. The first-order valence-corrected chi connectivity index (χ1v) is 16.9. The summed E-state index contributed by atoms with van der Waals surface area (Å²) in [5, 5.41) is 0. The van der Waals surface area contributed by atoms with E-state index in [1.54, 1.807) is 0 Å². The minimum Gasteiger partial charge on any atom is -0.234 e. The van der Waals surface area contributed by atoms with Gasteiger partial charge in [-0.2, -0.15) is 0 Å². The Kier molecular flexibility index (Phi) is 23.9. The Labute approximate surface area is 228 Å². The van der Waals surface area contributed by atoms with Gasteiger partial charge in [-0.1, -0.05) is 156 Å². The minimum absolute atomic E-state index is 1.16. The topological polar surface area (TPSA) is 8.81 Å². The standard InChI is InChI=1S/C34H67N2/c1-4-7-9-11-13-15-16-17-18-19-20-21-23-25-27-29-31-36-33-32-35(34(36)6-3)30-28-26-24-22-14-12-10-8-5-2/h32-33H,4-31H2,1-3H3/q+1. The number of nitrogens with zero attached hydrogens (tertiary/aromatic N) is 2. The first-order valence-electron chi connectivity index (χ1n) is 16.9. The van der Waals surface area contributed by atoms with Crippen LogP contribution in [-0.4, -0.2) is 4.57 Å². The lowest BCUT2D eigenvalue weighted by Gasteiger charge is -2.05. The fourth-order valence-corrected chi connectivity index (χ4v) is 5.73. The minimum atomic E-state index is 1.16. The van der Waals surface area contributed by atoms with Crippen molar-refractivity contribution in [1.29, 1.82) is 0 Å². The van der Waals surface area contributed by atoms with E-state index in [1.165, 1.54) is 179 Å². The van der Waals surface area contributed by atoms with Crippen LogP contribution < -0.4 is 4.57 Å². The van der Waals surface area contributed by atoms with Crippen molar-refractivity contribution in [2.24, 2.45) is 0 Å². The number of hydrogen-bond acceptors (Lipinski definition) is 0. The van der Waals surface area contributed by atoms with Crippen molar-refractivity contribution < 1.29 is 4.57 Å². The predicted molar refractivity (Wildman–Crippen MR) is 161 cm³/mol. The highest BCUT2D eigenvalue weighted by Gasteiger charge is 2.14. The Bertz CT molecular complexity index is 562. The molecule has 0 saturated heterocycles. The summed E-state index contributed by atoms with van der Waals surface area (Å²) < 4.78 is 5.07. The number of aryl methyl sites for hydroxylation is 2. The van der Waals surface area contributed by atoms with Crippen LogP contribution in [0.5, 0.6) is 0 Å². The molecule has 0 aliphatic heterocycles. The summed E-state index contributed by atoms with van der Waals surface area (Å²) in [7, 11) is 0. The largest absolute Gasteiger partial charge is 0.256 e. The Balaban J connectivity index is 1.96. The SMILES string of the molecule is CCCCCCCCCCCCCCCCCCn1cc[n+](CCCCCCCCCCC)c1CC. The van der Waals surface area contributed by atoms with E-state index in [-0.39, 0.29) is 0 Å². The summed E-state index contributed by atoms with van der Waals surface area (Å²) in [4.78, 5) is 0. The third-order valence-electron chi connectivity index (χ3n) is 8.16. The van der Waals surface area contributed by atoms with Gasteiger partial charge >= 0.3 is 0 Å². The monoisotopic (exact) mass is 504 g/mol. The lowest BCUT2D eigenvalue weighted by molar-refractivity contribution is -0.704. The van der Waals surface area contributed by atoms with E-state index in [2.05, 4.69) is 42.3 Å². The molecule has 0 amide bonds. The van der Waals surface area contributed by atoms with Gasteiger partial charge in [-0.3, -0.25) is 0 Å². The highest BCUT2D eigenvalue weighted by Crippen LogP contribution is 2.14. The molecule has 0 aromatic carbocycles. The van der Waals surface area contributed by atoms with Gasteiger partial charge in [0.05, 0.1) is 13.1 Å². The maximum atomic E-state index is 2.54. The van der Waals surface area contributed by atoms with Gasteiger partial charge in [-0.15, -0.1) is 0 Å². The maximum absolute atomic E-state index is 2.54. The number of imidazole rings is 1. The molecule has 2 nitrogen and oxygen atoms in total. The van der Waals surface area contributed by atoms with Crippen LogP contribution in [0.1, 0.15) is 187 Å². The van der Waals surface area contributed by atoms with Crippen LogP contribution in [0.3, 0.4) is 0 Å². The summed E-state index contributed by atoms with van der Waals surface area (Å²) in [6.07, 6.45) is 41.7. The summed E-state index contributed by atoms with van der Waals surface area (Å²) in [6.45, 7) is 9.36. The summed E-state index contributed by atoms with van der Waals surface area (Å²) in [6, 6.07) is 0. The highest BCUT2D eigenvalue weighted by molar-refractivity contribution is 4.83. The molecule has 0 saturated carbocycles. The van der Waals surface area contributed by atoms with Crippen LogP contribution in [0.2, 0.25) is 0 Å². The van der Waals surface area contributed by atoms with Gasteiger partial charge in [0.25, 0.3) is 5.82 Å². The zero-order valence-electron chi connectivity index (χ0n) is 25.3. The predicted octanol–water partition coefficient (Wildman–Crippen LogP) is 11.1. The molecule has 2 heteroatoms. The van der Waals surface area contributed by atoms with Crippen molar-refractivity contribution in [2.45, 2.75) is 201 Å². The van der Waals surface area contributed by atoms with Crippen LogP contribution in [0, 0.1) is 0 Å². The van der Waals surface area contributed by atoms with E-state index in [0.717, 1.165) is 6.42 Å². The van der Waals surface area contributed by atoms with Crippen LogP contribution in [-0.2, 0) is 19.5 Å². The Morgan fingerprint density at radius 2 is 0.833 bits per heavy atom. The summed E-state index contributed by atoms with van der Waals surface area (Å²) in [5.74, 6) is 1.54. The van der Waals surface area contributed by atoms with E-state index in [4.69, 9.17) is 0 Å². The molecular formula is C34H67N2+. The smallest absolute Gasteiger partial charge is 0.234 e. The van der Waals surface area contributed by atoms with Crippen molar-refractivity contribution in [3.8, 4) is 0 Å². The lowest BCUT2D eigenvalue weighted by Crippen LogP contribution is -2.37. The van der Waals surface area contributed by atoms with Crippen molar-refractivity contribution in [3.05, 3.63) is 18.2 Å². The van der Waals surface area contributed by atoms with Gasteiger partial charge in [0.2, 0.25) is 0 Å².